The molecule has 1 atom stereocenters. The summed E-state index contributed by atoms with van der Waals surface area (Å²) in [5, 5.41) is 29.4. The van der Waals surface area contributed by atoms with Crippen LogP contribution in [0.4, 0.5) is 14.9 Å². The van der Waals surface area contributed by atoms with Gasteiger partial charge in [-0.25, -0.2) is 13.7 Å². The zero-order valence-electron chi connectivity index (χ0n) is 23.0. The molecular weight excluding hydrogens is 517 g/mol. The van der Waals surface area contributed by atoms with Gasteiger partial charge in [-0.15, -0.1) is 0 Å². The van der Waals surface area contributed by atoms with E-state index in [1.165, 1.54) is 31.1 Å². The molecule has 0 bridgehead atoms. The van der Waals surface area contributed by atoms with E-state index >= 15 is 0 Å². The number of amides is 2. The van der Waals surface area contributed by atoms with Gasteiger partial charge in [-0.05, 0) is 63.8 Å². The first-order valence-corrected chi connectivity index (χ1v) is 13.1. The Hall–Kier alpha value is -4.24. The average molecular weight is 552 g/mol. The zero-order valence-corrected chi connectivity index (χ0v) is 23.0. The van der Waals surface area contributed by atoms with Crippen molar-refractivity contribution in [2.24, 2.45) is 0 Å². The van der Waals surface area contributed by atoms with E-state index in [0.717, 1.165) is 5.52 Å². The molecule has 3 heterocycles. The number of alkyl halides is 1. The number of carbonyl (C=O) groups excluding carboxylic acids is 2. The Morgan fingerprint density at radius 3 is 2.62 bits per heavy atom. The molecule has 1 fully saturated rings. The summed E-state index contributed by atoms with van der Waals surface area (Å²) >= 11 is 0. The first kappa shape index (κ1) is 28.8. The molecule has 11 nitrogen and oxygen atoms in total. The van der Waals surface area contributed by atoms with Gasteiger partial charge in [0.1, 0.15) is 18.3 Å². The predicted octanol–water partition coefficient (Wildman–Crippen LogP) is 3.53. The number of hydrogen-bond acceptors (Lipinski definition) is 8. The SMILES string of the molecule is CN(C)C(=O)OC1CCC(Nc2cc(-c3ccc4cc(C#N)cnn34)ncc2C(=O)NCC(F)C(C)(C)O)CC1. The minimum Gasteiger partial charge on any atom is -0.446 e. The van der Waals surface area contributed by atoms with Gasteiger partial charge in [-0.3, -0.25) is 9.78 Å². The molecule has 40 heavy (non-hydrogen) atoms. The summed E-state index contributed by atoms with van der Waals surface area (Å²) < 4.78 is 21.5. The van der Waals surface area contributed by atoms with Crippen molar-refractivity contribution in [3.05, 3.63) is 47.8 Å². The first-order chi connectivity index (χ1) is 19.0. The number of carbonyl (C=O) groups is 2. The van der Waals surface area contributed by atoms with Gasteiger partial charge in [0.15, 0.2) is 0 Å². The molecule has 212 valence electrons. The van der Waals surface area contributed by atoms with Crippen molar-refractivity contribution in [3.63, 3.8) is 0 Å². The quantitative estimate of drug-likeness (QED) is 0.386. The number of hydrogen-bond donors (Lipinski definition) is 3. The molecule has 3 N–H and O–H groups in total. The van der Waals surface area contributed by atoms with E-state index in [2.05, 4.69) is 26.8 Å². The monoisotopic (exact) mass is 551 g/mol. The van der Waals surface area contributed by atoms with Gasteiger partial charge in [0.2, 0.25) is 0 Å². The summed E-state index contributed by atoms with van der Waals surface area (Å²) in [5.74, 6) is -0.529. The predicted molar refractivity (Wildman–Crippen MR) is 146 cm³/mol. The lowest BCUT2D eigenvalue weighted by molar-refractivity contribution is -0.00178. The molecule has 0 aliphatic heterocycles. The molecule has 3 aromatic rings. The molecule has 0 saturated heterocycles. The topological polar surface area (TPSA) is 145 Å². The van der Waals surface area contributed by atoms with Crippen LogP contribution in [0.2, 0.25) is 0 Å². The number of fused-ring (bicyclic) bond motifs is 1. The molecule has 1 unspecified atom stereocenters. The zero-order chi connectivity index (χ0) is 29.0. The summed E-state index contributed by atoms with van der Waals surface area (Å²) in [6, 6.07) is 9.20. The number of nitrogens with one attached hydrogen (secondary N) is 2. The summed E-state index contributed by atoms with van der Waals surface area (Å²) in [7, 11) is 3.28. The highest BCUT2D eigenvalue weighted by Crippen LogP contribution is 2.29. The van der Waals surface area contributed by atoms with Crippen LogP contribution in [0, 0.1) is 11.3 Å². The van der Waals surface area contributed by atoms with E-state index in [1.807, 2.05) is 12.1 Å². The average Bonchev–Trinajstić information content (AvgIpc) is 3.35. The molecule has 12 heteroatoms. The number of anilines is 1. The number of nitriles is 1. The summed E-state index contributed by atoms with van der Waals surface area (Å²) in [6.07, 6.45) is 3.44. The normalized spacial score (nSPS) is 18.0. The number of ether oxygens (including phenoxy) is 1. The van der Waals surface area contributed by atoms with Crippen molar-refractivity contribution in [3.8, 4) is 17.5 Å². The molecule has 4 rings (SSSR count). The third-order valence-electron chi connectivity index (χ3n) is 6.92. The lowest BCUT2D eigenvalue weighted by Crippen LogP contribution is -2.42. The molecule has 3 aromatic heterocycles. The molecule has 1 saturated carbocycles. The van der Waals surface area contributed by atoms with E-state index in [4.69, 9.17) is 4.74 Å². The van der Waals surface area contributed by atoms with Crippen molar-refractivity contribution < 1.29 is 23.8 Å². The van der Waals surface area contributed by atoms with Crippen LogP contribution in [0.3, 0.4) is 0 Å². The van der Waals surface area contributed by atoms with E-state index in [-0.39, 0.29) is 30.3 Å². The smallest absolute Gasteiger partial charge is 0.409 e. The number of rotatable bonds is 8. The number of halogens is 1. The second-order valence-corrected chi connectivity index (χ2v) is 10.8. The molecule has 1 aliphatic rings. The summed E-state index contributed by atoms with van der Waals surface area (Å²) in [6.45, 7) is 2.32. The van der Waals surface area contributed by atoms with Crippen molar-refractivity contribution in [1.29, 1.82) is 5.26 Å². The third kappa shape index (κ3) is 6.66. The maximum Gasteiger partial charge on any atom is 0.409 e. The van der Waals surface area contributed by atoms with E-state index in [1.54, 1.807) is 30.7 Å². The second kappa shape index (κ2) is 11.9. The highest BCUT2D eigenvalue weighted by molar-refractivity contribution is 6.00. The van der Waals surface area contributed by atoms with Crippen LogP contribution in [-0.2, 0) is 4.74 Å². The number of pyridine rings is 1. The number of aromatic nitrogens is 3. The van der Waals surface area contributed by atoms with Crippen LogP contribution in [0.25, 0.3) is 16.9 Å². The van der Waals surface area contributed by atoms with Crippen molar-refractivity contribution in [2.45, 2.75) is 63.4 Å². The Balaban J connectivity index is 1.58. The standard InChI is InChI=1S/C28H34FN7O4/c1-28(2,39)25(29)16-32-26(37)21-15-31-23(24-10-7-19-11-17(13-30)14-33-36(19)24)12-22(21)34-18-5-8-20(9-6-18)40-27(38)35(3)4/h7,10-12,14-15,18,20,25,39H,5-6,8-9,16H2,1-4H3,(H,31,34)(H,32,37). The molecular formula is C28H34FN7O4. The third-order valence-corrected chi connectivity index (χ3v) is 6.92. The Morgan fingerprint density at radius 1 is 1.25 bits per heavy atom. The minimum atomic E-state index is -1.66. The Bertz CT molecular complexity index is 1420. The van der Waals surface area contributed by atoms with Crippen molar-refractivity contribution >= 4 is 23.2 Å². The van der Waals surface area contributed by atoms with Crippen LogP contribution in [-0.4, -0.2) is 81.2 Å². The van der Waals surface area contributed by atoms with Gasteiger partial charge in [0.05, 0.1) is 52.1 Å². The fraction of sp³-hybridized carbons (Fsp3) is 0.464. The van der Waals surface area contributed by atoms with Crippen LogP contribution >= 0.6 is 0 Å². The van der Waals surface area contributed by atoms with Crippen molar-refractivity contribution in [1.82, 2.24) is 24.8 Å². The van der Waals surface area contributed by atoms with Gasteiger partial charge >= 0.3 is 6.09 Å². The minimum absolute atomic E-state index is 0.00165. The highest BCUT2D eigenvalue weighted by atomic mass is 19.1. The Morgan fingerprint density at radius 2 is 1.98 bits per heavy atom. The van der Waals surface area contributed by atoms with Crippen LogP contribution in [0.15, 0.2) is 36.7 Å². The highest BCUT2D eigenvalue weighted by Gasteiger charge is 2.29. The van der Waals surface area contributed by atoms with Crippen LogP contribution < -0.4 is 10.6 Å². The number of aliphatic hydroxyl groups is 1. The summed E-state index contributed by atoms with van der Waals surface area (Å²) in [5.41, 5.74) is 1.51. The van der Waals surface area contributed by atoms with Gasteiger partial charge in [0.25, 0.3) is 5.91 Å². The van der Waals surface area contributed by atoms with Crippen molar-refractivity contribution in [2.75, 3.05) is 26.0 Å². The Kier molecular flexibility index (Phi) is 8.54. The summed E-state index contributed by atoms with van der Waals surface area (Å²) in [4.78, 5) is 30.9. The molecule has 0 aromatic carbocycles. The fourth-order valence-corrected chi connectivity index (χ4v) is 4.47. The largest absolute Gasteiger partial charge is 0.446 e. The first-order valence-electron chi connectivity index (χ1n) is 13.1. The van der Waals surface area contributed by atoms with Gasteiger partial charge in [-0.1, -0.05) is 0 Å². The van der Waals surface area contributed by atoms with Gasteiger partial charge in [-0.2, -0.15) is 10.4 Å². The maximum absolute atomic E-state index is 14.3. The van der Waals surface area contributed by atoms with E-state index in [9.17, 15) is 24.3 Å². The lowest BCUT2D eigenvalue weighted by atomic mass is 9.92. The van der Waals surface area contributed by atoms with Crippen LogP contribution in [0.1, 0.15) is 55.5 Å². The molecule has 0 spiro atoms. The molecule has 0 radical (unpaired) electrons. The lowest BCUT2D eigenvalue weighted by Gasteiger charge is -2.30. The maximum atomic E-state index is 14.3. The van der Waals surface area contributed by atoms with Gasteiger partial charge < -0.3 is 25.4 Å². The van der Waals surface area contributed by atoms with Gasteiger partial charge in [0, 0.05) is 26.3 Å². The number of nitrogens with zero attached hydrogens (tertiary/aromatic N) is 5. The molecule has 2 amide bonds. The fourth-order valence-electron chi connectivity index (χ4n) is 4.47. The van der Waals surface area contributed by atoms with E-state index in [0.29, 0.717) is 48.3 Å². The van der Waals surface area contributed by atoms with Crippen LogP contribution in [0.5, 0.6) is 0 Å². The molecule has 1 aliphatic carbocycles. The van der Waals surface area contributed by atoms with E-state index < -0.39 is 17.7 Å². The second-order valence-electron chi connectivity index (χ2n) is 10.8. The Labute approximate surface area is 231 Å².